The molecule has 2 rings (SSSR count). The molecule has 1 aliphatic rings. The summed E-state index contributed by atoms with van der Waals surface area (Å²) in [6.07, 6.45) is 3.10. The predicted molar refractivity (Wildman–Crippen MR) is 63.4 cm³/mol. The maximum atomic E-state index is 12.9. The summed E-state index contributed by atoms with van der Waals surface area (Å²) in [5.74, 6) is -0.841. The number of carbonyl (C=O) groups is 1. The van der Waals surface area contributed by atoms with Crippen LogP contribution in [0.2, 0.25) is 0 Å². The molecular weight excluding hydrogens is 237 g/mol. The van der Waals surface area contributed by atoms with Crippen molar-refractivity contribution in [3.63, 3.8) is 0 Å². The lowest BCUT2D eigenvalue weighted by Crippen LogP contribution is -2.40. The lowest BCUT2D eigenvalue weighted by atomic mass is 9.60. The van der Waals surface area contributed by atoms with Crippen molar-refractivity contribution in [1.82, 2.24) is 0 Å². The summed E-state index contributed by atoms with van der Waals surface area (Å²) in [7, 11) is 0. The number of halogens is 1. The molecule has 18 heavy (non-hydrogen) atoms. The van der Waals surface area contributed by atoms with Crippen LogP contribution in [-0.4, -0.2) is 17.8 Å². The van der Waals surface area contributed by atoms with Gasteiger partial charge in [-0.3, -0.25) is 10.1 Å². The third-order valence-electron chi connectivity index (χ3n) is 3.82. The Morgan fingerprint density at radius 2 is 2.00 bits per heavy atom. The van der Waals surface area contributed by atoms with Crippen molar-refractivity contribution in [3.8, 4) is 0 Å². The van der Waals surface area contributed by atoms with Crippen LogP contribution in [0.4, 0.5) is 4.39 Å². The monoisotopic (exact) mass is 251 g/mol. The van der Waals surface area contributed by atoms with Gasteiger partial charge in [0.1, 0.15) is 12.1 Å². The molecular formula is C13H14FNO3. The molecule has 1 aromatic rings. The number of nitro groups is 1. The van der Waals surface area contributed by atoms with E-state index in [1.165, 1.54) is 24.3 Å². The van der Waals surface area contributed by atoms with E-state index in [9.17, 15) is 19.3 Å². The van der Waals surface area contributed by atoms with E-state index in [1.807, 2.05) is 0 Å². The second-order valence-electron chi connectivity index (χ2n) is 4.82. The second kappa shape index (κ2) is 4.84. The molecule has 0 aliphatic heterocycles. The van der Waals surface area contributed by atoms with Gasteiger partial charge in [0.05, 0.1) is 5.92 Å². The van der Waals surface area contributed by atoms with Gasteiger partial charge in [0, 0.05) is 10.3 Å². The smallest absolute Gasteiger partial charge is 0.211 e. The summed E-state index contributed by atoms with van der Waals surface area (Å²) >= 11 is 0. The van der Waals surface area contributed by atoms with E-state index in [0.717, 1.165) is 12.7 Å². The predicted octanol–water partition coefficient (Wildman–Crippen LogP) is 2.56. The summed E-state index contributed by atoms with van der Waals surface area (Å²) < 4.78 is 12.9. The first kappa shape index (κ1) is 12.7. The fraction of sp³-hybridized carbons (Fsp3) is 0.462. The molecule has 0 radical (unpaired) electrons. The number of carbonyl (C=O) groups excluding carboxylic acids is 1. The third-order valence-corrected chi connectivity index (χ3v) is 3.82. The Morgan fingerprint density at radius 1 is 1.39 bits per heavy atom. The van der Waals surface area contributed by atoms with Crippen LogP contribution in [0.25, 0.3) is 0 Å². The summed E-state index contributed by atoms with van der Waals surface area (Å²) in [6, 6.07) is 5.62. The lowest BCUT2D eigenvalue weighted by molar-refractivity contribution is -0.486. The molecule has 0 bridgehead atoms. The van der Waals surface area contributed by atoms with Gasteiger partial charge < -0.3 is 4.79 Å². The third kappa shape index (κ3) is 2.25. The molecule has 1 aromatic carbocycles. The fourth-order valence-corrected chi connectivity index (χ4v) is 2.60. The molecule has 0 heterocycles. The van der Waals surface area contributed by atoms with Crippen LogP contribution in [0.5, 0.6) is 0 Å². The molecule has 1 unspecified atom stereocenters. The second-order valence-corrected chi connectivity index (χ2v) is 4.82. The van der Waals surface area contributed by atoms with Crippen molar-refractivity contribution in [1.29, 1.82) is 0 Å². The first-order valence-electron chi connectivity index (χ1n) is 5.91. The maximum absolute atomic E-state index is 12.9. The van der Waals surface area contributed by atoms with Crippen molar-refractivity contribution in [2.24, 2.45) is 5.41 Å². The Kier molecular flexibility index (Phi) is 3.41. The number of hydrogen-bond acceptors (Lipinski definition) is 3. The molecule has 1 atom stereocenters. The molecule has 4 nitrogen and oxygen atoms in total. The molecule has 0 spiro atoms. The van der Waals surface area contributed by atoms with Crippen LogP contribution in [-0.2, 0) is 4.79 Å². The fourth-order valence-electron chi connectivity index (χ4n) is 2.60. The number of nitrogens with zero attached hydrogens (tertiary/aromatic N) is 1. The Labute approximate surface area is 104 Å². The van der Waals surface area contributed by atoms with Gasteiger partial charge in [0.2, 0.25) is 6.54 Å². The minimum absolute atomic E-state index is 0.287. The lowest BCUT2D eigenvalue weighted by Gasteiger charge is -2.41. The Morgan fingerprint density at radius 3 is 2.39 bits per heavy atom. The van der Waals surface area contributed by atoms with Gasteiger partial charge in [0.25, 0.3) is 0 Å². The molecule has 0 amide bonds. The highest BCUT2D eigenvalue weighted by Gasteiger charge is 2.47. The van der Waals surface area contributed by atoms with Crippen molar-refractivity contribution in [2.75, 3.05) is 6.54 Å². The van der Waals surface area contributed by atoms with Gasteiger partial charge in [-0.15, -0.1) is 0 Å². The largest absolute Gasteiger partial charge is 0.303 e. The minimum atomic E-state index is -0.634. The van der Waals surface area contributed by atoms with E-state index in [2.05, 4.69) is 0 Å². The van der Waals surface area contributed by atoms with Crippen LogP contribution in [0.15, 0.2) is 24.3 Å². The van der Waals surface area contributed by atoms with Crippen LogP contribution >= 0.6 is 0 Å². The van der Waals surface area contributed by atoms with Gasteiger partial charge in [-0.1, -0.05) is 18.6 Å². The standard InChI is InChI=1S/C13H14FNO3/c14-11-4-2-10(3-5-11)12(8-15(17)18)13(9-16)6-1-7-13/h2-5,9,12H,1,6-8H2. The highest BCUT2D eigenvalue weighted by molar-refractivity contribution is 5.63. The van der Waals surface area contributed by atoms with Crippen molar-refractivity contribution >= 4 is 6.29 Å². The Bertz CT molecular complexity index is 454. The van der Waals surface area contributed by atoms with Crippen LogP contribution in [0.1, 0.15) is 30.7 Å². The SMILES string of the molecule is O=CC1(C(C[N+](=O)[O-])c2ccc(F)cc2)CCC1. The summed E-state index contributed by atoms with van der Waals surface area (Å²) in [5, 5.41) is 10.8. The van der Waals surface area contributed by atoms with Gasteiger partial charge in [-0.2, -0.15) is 0 Å². The number of aldehydes is 1. The number of hydrogen-bond donors (Lipinski definition) is 0. The maximum Gasteiger partial charge on any atom is 0.211 e. The molecule has 5 heteroatoms. The first-order chi connectivity index (χ1) is 8.57. The highest BCUT2D eigenvalue weighted by atomic mass is 19.1. The number of rotatable bonds is 5. The van der Waals surface area contributed by atoms with E-state index in [4.69, 9.17) is 0 Å². The quantitative estimate of drug-likeness (QED) is 0.459. The average molecular weight is 251 g/mol. The van der Waals surface area contributed by atoms with Gasteiger partial charge in [0.15, 0.2) is 0 Å². The van der Waals surface area contributed by atoms with Crippen molar-refractivity contribution in [3.05, 3.63) is 45.8 Å². The summed E-state index contributed by atoms with van der Waals surface area (Å²) in [5.41, 5.74) is 0.0325. The summed E-state index contributed by atoms with van der Waals surface area (Å²) in [4.78, 5) is 21.6. The van der Waals surface area contributed by atoms with Crippen LogP contribution in [0, 0.1) is 21.3 Å². The Balaban J connectivity index is 2.32. The molecule has 0 saturated heterocycles. The van der Waals surface area contributed by atoms with E-state index in [1.54, 1.807) is 0 Å². The minimum Gasteiger partial charge on any atom is -0.303 e. The van der Waals surface area contributed by atoms with Gasteiger partial charge in [-0.05, 0) is 30.5 Å². The molecule has 1 aliphatic carbocycles. The molecule has 0 N–H and O–H groups in total. The van der Waals surface area contributed by atoms with E-state index in [0.29, 0.717) is 18.4 Å². The molecule has 1 fully saturated rings. The highest BCUT2D eigenvalue weighted by Crippen LogP contribution is 2.49. The zero-order valence-corrected chi connectivity index (χ0v) is 9.84. The first-order valence-corrected chi connectivity index (χ1v) is 5.91. The van der Waals surface area contributed by atoms with Crippen LogP contribution < -0.4 is 0 Å². The molecule has 1 saturated carbocycles. The van der Waals surface area contributed by atoms with E-state index < -0.39 is 16.3 Å². The van der Waals surface area contributed by atoms with E-state index in [-0.39, 0.29) is 12.4 Å². The van der Waals surface area contributed by atoms with Gasteiger partial charge >= 0.3 is 0 Å². The topological polar surface area (TPSA) is 60.2 Å². The van der Waals surface area contributed by atoms with Gasteiger partial charge in [-0.25, -0.2) is 4.39 Å². The zero-order chi connectivity index (χ0) is 13.2. The Hall–Kier alpha value is -1.78. The normalized spacial score (nSPS) is 18.7. The van der Waals surface area contributed by atoms with Crippen molar-refractivity contribution < 1.29 is 14.1 Å². The van der Waals surface area contributed by atoms with Crippen molar-refractivity contribution in [2.45, 2.75) is 25.2 Å². The van der Waals surface area contributed by atoms with Crippen LogP contribution in [0.3, 0.4) is 0 Å². The molecule has 96 valence electrons. The van der Waals surface area contributed by atoms with E-state index >= 15 is 0 Å². The molecule has 0 aromatic heterocycles. The zero-order valence-electron chi connectivity index (χ0n) is 9.84. The average Bonchev–Trinajstić information content (AvgIpc) is 2.27. The number of benzene rings is 1. The summed E-state index contributed by atoms with van der Waals surface area (Å²) in [6.45, 7) is -0.287.